The van der Waals surface area contributed by atoms with Gasteiger partial charge in [-0.3, -0.25) is 0 Å². The maximum absolute atomic E-state index is 11.9. The van der Waals surface area contributed by atoms with Gasteiger partial charge in [-0.05, 0) is 5.56 Å². The third-order valence-corrected chi connectivity index (χ3v) is 3.27. The Labute approximate surface area is 108 Å². The number of rotatable bonds is 4. The van der Waals surface area contributed by atoms with Gasteiger partial charge >= 0.3 is 5.97 Å². The molecule has 0 saturated heterocycles. The number of ether oxygens (including phenoxy) is 1. The molecule has 18 heavy (non-hydrogen) atoms. The molecule has 0 spiro atoms. The zero-order chi connectivity index (χ0) is 13.0. The Morgan fingerprint density at radius 3 is 2.72 bits per heavy atom. The van der Waals surface area contributed by atoms with Gasteiger partial charge in [-0.25, -0.2) is 9.79 Å². The predicted molar refractivity (Wildman–Crippen MR) is 70.1 cm³/mol. The van der Waals surface area contributed by atoms with Crippen LogP contribution >= 0.6 is 0 Å². The molecule has 96 valence electrons. The second kappa shape index (κ2) is 5.80. The molecular weight excluding hydrogens is 226 g/mol. The van der Waals surface area contributed by atoms with Crippen LogP contribution in [0, 0.1) is 5.92 Å². The number of hydrogen-bond acceptors (Lipinski definition) is 2. The largest absolute Gasteiger partial charge is 0.456 e. The average molecular weight is 246 g/mol. The van der Waals surface area contributed by atoms with E-state index in [1.54, 1.807) is 0 Å². The summed E-state index contributed by atoms with van der Waals surface area (Å²) in [5.41, 5.74) is 2.29. The van der Waals surface area contributed by atoms with E-state index in [0.717, 1.165) is 18.4 Å². The molecule has 1 N–H and O–H groups in total. The van der Waals surface area contributed by atoms with E-state index in [4.69, 9.17) is 4.74 Å². The van der Waals surface area contributed by atoms with Crippen LogP contribution in [-0.4, -0.2) is 17.7 Å². The lowest BCUT2D eigenvalue weighted by molar-refractivity contribution is -0.483. The molecule has 2 rings (SSSR count). The predicted octanol–water partition coefficient (Wildman–Crippen LogP) is 1.07. The maximum Gasteiger partial charge on any atom is 0.375 e. The molecule has 3 heteroatoms. The summed E-state index contributed by atoms with van der Waals surface area (Å²) in [5.74, 6) is 0.339. The summed E-state index contributed by atoms with van der Waals surface area (Å²) in [7, 11) is 0. The summed E-state index contributed by atoms with van der Waals surface area (Å²) in [6, 6.07) is 9.60. The Morgan fingerprint density at radius 2 is 2.11 bits per heavy atom. The highest BCUT2D eigenvalue weighted by atomic mass is 16.5. The molecule has 1 aromatic carbocycles. The Morgan fingerprint density at radius 1 is 1.39 bits per heavy atom. The van der Waals surface area contributed by atoms with E-state index in [2.05, 4.69) is 18.8 Å². The SMILES string of the molecule is CC(C)C1=[NH+][C@H](C(=O)OCc2ccccc2)CC1. The van der Waals surface area contributed by atoms with Crippen LogP contribution in [0.3, 0.4) is 0 Å². The summed E-state index contributed by atoms with van der Waals surface area (Å²) in [5, 5.41) is 0. The Hall–Kier alpha value is -1.64. The van der Waals surface area contributed by atoms with Gasteiger partial charge in [-0.2, -0.15) is 0 Å². The quantitative estimate of drug-likeness (QED) is 0.807. The van der Waals surface area contributed by atoms with Crippen molar-refractivity contribution < 1.29 is 14.5 Å². The first-order valence-electron chi connectivity index (χ1n) is 6.49. The molecule has 0 unspecified atom stereocenters. The summed E-state index contributed by atoms with van der Waals surface area (Å²) < 4.78 is 5.33. The van der Waals surface area contributed by atoms with E-state index in [0.29, 0.717) is 12.5 Å². The fourth-order valence-corrected chi connectivity index (χ4v) is 2.13. The minimum absolute atomic E-state index is 0.144. The van der Waals surface area contributed by atoms with Gasteiger partial charge in [-0.15, -0.1) is 0 Å². The highest BCUT2D eigenvalue weighted by molar-refractivity contribution is 5.85. The third kappa shape index (κ3) is 3.19. The smallest absolute Gasteiger partial charge is 0.375 e. The molecule has 1 heterocycles. The lowest BCUT2D eigenvalue weighted by Crippen LogP contribution is -2.79. The van der Waals surface area contributed by atoms with Crippen LogP contribution in [0.2, 0.25) is 0 Å². The van der Waals surface area contributed by atoms with Gasteiger partial charge < -0.3 is 4.74 Å². The number of carbonyl (C=O) groups is 1. The van der Waals surface area contributed by atoms with Crippen LogP contribution in [0.5, 0.6) is 0 Å². The van der Waals surface area contributed by atoms with Crippen molar-refractivity contribution >= 4 is 11.7 Å². The van der Waals surface area contributed by atoms with Crippen molar-refractivity contribution in [3.63, 3.8) is 0 Å². The van der Waals surface area contributed by atoms with E-state index in [9.17, 15) is 4.79 Å². The van der Waals surface area contributed by atoms with Crippen LogP contribution in [0.4, 0.5) is 0 Å². The molecule has 1 atom stereocenters. The molecule has 1 aliphatic heterocycles. The zero-order valence-electron chi connectivity index (χ0n) is 11.0. The van der Waals surface area contributed by atoms with Crippen molar-refractivity contribution in [1.82, 2.24) is 0 Å². The molecule has 0 radical (unpaired) electrons. The highest BCUT2D eigenvalue weighted by Gasteiger charge is 2.33. The normalized spacial score (nSPS) is 18.8. The Kier molecular flexibility index (Phi) is 4.13. The summed E-state index contributed by atoms with van der Waals surface area (Å²) in [6.45, 7) is 4.63. The zero-order valence-corrected chi connectivity index (χ0v) is 11.0. The Bertz CT molecular complexity index is 437. The van der Waals surface area contributed by atoms with Gasteiger partial charge in [-0.1, -0.05) is 44.2 Å². The van der Waals surface area contributed by atoms with E-state index in [1.165, 1.54) is 5.71 Å². The standard InChI is InChI=1S/C15H19NO2/c1-11(2)13-8-9-14(16-13)15(17)18-10-12-6-4-3-5-7-12/h3-7,11,14H,8-10H2,1-2H3/p+1/t14-/m0/s1. The van der Waals surface area contributed by atoms with Gasteiger partial charge in [0.25, 0.3) is 0 Å². The average Bonchev–Trinajstić information content (AvgIpc) is 2.87. The second-order valence-electron chi connectivity index (χ2n) is 5.01. The monoisotopic (exact) mass is 246 g/mol. The van der Waals surface area contributed by atoms with Crippen molar-refractivity contribution in [1.29, 1.82) is 0 Å². The lowest BCUT2D eigenvalue weighted by atomic mass is 10.1. The van der Waals surface area contributed by atoms with E-state index >= 15 is 0 Å². The summed E-state index contributed by atoms with van der Waals surface area (Å²) in [6.07, 6.45) is 1.82. The molecular formula is C15H20NO2+. The molecule has 0 fully saturated rings. The van der Waals surface area contributed by atoms with E-state index in [1.807, 2.05) is 30.3 Å². The van der Waals surface area contributed by atoms with Crippen molar-refractivity contribution in [2.24, 2.45) is 5.92 Å². The first-order valence-corrected chi connectivity index (χ1v) is 6.49. The van der Waals surface area contributed by atoms with Crippen molar-refractivity contribution in [2.45, 2.75) is 39.3 Å². The first kappa shape index (κ1) is 12.8. The molecule has 0 saturated carbocycles. The molecule has 0 aromatic heterocycles. The maximum atomic E-state index is 11.9. The van der Waals surface area contributed by atoms with Crippen molar-refractivity contribution in [3.05, 3.63) is 35.9 Å². The molecule has 0 bridgehead atoms. The fraction of sp³-hybridized carbons (Fsp3) is 0.467. The lowest BCUT2D eigenvalue weighted by Gasteiger charge is -2.05. The van der Waals surface area contributed by atoms with Crippen molar-refractivity contribution in [2.75, 3.05) is 0 Å². The molecule has 1 aliphatic rings. The van der Waals surface area contributed by atoms with Crippen LogP contribution < -0.4 is 4.99 Å². The summed E-state index contributed by atoms with van der Waals surface area (Å²) >= 11 is 0. The van der Waals surface area contributed by atoms with Gasteiger partial charge in [0.1, 0.15) is 6.61 Å². The fourth-order valence-electron chi connectivity index (χ4n) is 2.13. The Balaban J connectivity index is 1.86. The van der Waals surface area contributed by atoms with Gasteiger partial charge in [0, 0.05) is 18.8 Å². The molecule has 0 aliphatic carbocycles. The highest BCUT2D eigenvalue weighted by Crippen LogP contribution is 2.08. The minimum atomic E-state index is -0.161. The minimum Gasteiger partial charge on any atom is -0.456 e. The van der Waals surface area contributed by atoms with Crippen molar-refractivity contribution in [3.8, 4) is 0 Å². The number of carbonyl (C=O) groups excluding carboxylic acids is 1. The van der Waals surface area contributed by atoms with Crippen LogP contribution in [-0.2, 0) is 16.1 Å². The van der Waals surface area contributed by atoms with Crippen LogP contribution in [0.15, 0.2) is 30.3 Å². The summed E-state index contributed by atoms with van der Waals surface area (Å²) in [4.78, 5) is 15.2. The van der Waals surface area contributed by atoms with E-state index < -0.39 is 0 Å². The van der Waals surface area contributed by atoms with E-state index in [-0.39, 0.29) is 12.0 Å². The van der Waals surface area contributed by atoms with Crippen LogP contribution in [0.1, 0.15) is 32.3 Å². The first-order chi connectivity index (χ1) is 8.66. The number of hydrogen-bond donors (Lipinski definition) is 1. The third-order valence-electron chi connectivity index (χ3n) is 3.27. The molecule has 0 amide bonds. The molecule has 1 aromatic rings. The van der Waals surface area contributed by atoms with Gasteiger partial charge in [0.2, 0.25) is 6.04 Å². The number of esters is 1. The molecule has 3 nitrogen and oxygen atoms in total. The van der Waals surface area contributed by atoms with Gasteiger partial charge in [0.15, 0.2) is 5.71 Å². The van der Waals surface area contributed by atoms with Gasteiger partial charge in [0.05, 0.1) is 0 Å². The number of benzene rings is 1. The second-order valence-corrected chi connectivity index (χ2v) is 5.01. The number of nitrogens with one attached hydrogen (secondary N) is 1. The topological polar surface area (TPSA) is 40.3 Å². The van der Waals surface area contributed by atoms with Crippen LogP contribution in [0.25, 0.3) is 0 Å².